The number of para-hydroxylation sites is 1. The van der Waals surface area contributed by atoms with Gasteiger partial charge in [-0.05, 0) is 37.1 Å². The number of hydrogen-bond donors (Lipinski definition) is 1. The molecular formula is C19H21ClN2O3S. The lowest BCUT2D eigenvalue weighted by molar-refractivity contribution is 0.0930. The molecule has 0 spiro atoms. The first-order chi connectivity index (χ1) is 12.4. The lowest BCUT2D eigenvalue weighted by Crippen LogP contribution is -2.48. The summed E-state index contributed by atoms with van der Waals surface area (Å²) in [5, 5.41) is 3.66. The lowest BCUT2D eigenvalue weighted by atomic mass is 10.0. The molecule has 1 amide bonds. The maximum atomic E-state index is 12.7. The summed E-state index contributed by atoms with van der Waals surface area (Å²) in [6, 6.07) is 13.9. The Morgan fingerprint density at radius 3 is 2.58 bits per heavy atom. The number of halogens is 1. The van der Waals surface area contributed by atoms with Crippen LogP contribution in [0.1, 0.15) is 23.2 Å². The minimum absolute atomic E-state index is 0.0521. The van der Waals surface area contributed by atoms with Crippen molar-refractivity contribution in [2.75, 3.05) is 24.2 Å². The van der Waals surface area contributed by atoms with Gasteiger partial charge in [0, 0.05) is 25.4 Å². The highest BCUT2D eigenvalue weighted by molar-refractivity contribution is 7.90. The summed E-state index contributed by atoms with van der Waals surface area (Å²) in [6.45, 7) is 1.51. The number of hydrogen-bond acceptors (Lipinski definition) is 4. The van der Waals surface area contributed by atoms with E-state index < -0.39 is 9.84 Å². The van der Waals surface area contributed by atoms with E-state index in [1.165, 1.54) is 6.07 Å². The molecule has 26 heavy (non-hydrogen) atoms. The van der Waals surface area contributed by atoms with Gasteiger partial charge in [-0.2, -0.15) is 0 Å². The molecule has 1 fully saturated rings. The first-order valence-electron chi connectivity index (χ1n) is 8.45. The zero-order valence-corrected chi connectivity index (χ0v) is 16.1. The van der Waals surface area contributed by atoms with Crippen molar-refractivity contribution in [2.45, 2.75) is 23.8 Å². The largest absolute Gasteiger partial charge is 0.368 e. The fourth-order valence-corrected chi connectivity index (χ4v) is 4.40. The number of carbonyl (C=O) groups is 1. The quantitative estimate of drug-likeness (QED) is 0.868. The topological polar surface area (TPSA) is 66.5 Å². The van der Waals surface area contributed by atoms with Crippen LogP contribution in [0.2, 0.25) is 5.02 Å². The number of rotatable bonds is 4. The average Bonchev–Trinajstić information content (AvgIpc) is 2.61. The average molecular weight is 393 g/mol. The van der Waals surface area contributed by atoms with Crippen molar-refractivity contribution in [1.29, 1.82) is 0 Å². The number of amides is 1. The van der Waals surface area contributed by atoms with Gasteiger partial charge in [-0.1, -0.05) is 35.9 Å². The fourth-order valence-electron chi connectivity index (χ4n) is 3.26. The molecule has 0 bridgehead atoms. The van der Waals surface area contributed by atoms with Gasteiger partial charge < -0.3 is 10.2 Å². The minimum atomic E-state index is -3.47. The molecule has 1 saturated heterocycles. The highest BCUT2D eigenvalue weighted by Gasteiger charge is 2.25. The molecule has 1 N–H and O–H groups in total. The Hall–Kier alpha value is -2.05. The second kappa shape index (κ2) is 7.68. The molecule has 2 aromatic rings. The Kier molecular flexibility index (Phi) is 5.53. The van der Waals surface area contributed by atoms with Gasteiger partial charge in [0.05, 0.1) is 21.2 Å². The molecule has 1 heterocycles. The van der Waals surface area contributed by atoms with Crippen molar-refractivity contribution in [2.24, 2.45) is 0 Å². The Labute approximate surface area is 158 Å². The predicted molar refractivity (Wildman–Crippen MR) is 104 cm³/mol. The van der Waals surface area contributed by atoms with Crippen LogP contribution >= 0.6 is 11.6 Å². The molecule has 1 aliphatic heterocycles. The van der Waals surface area contributed by atoms with Gasteiger partial charge in [0.1, 0.15) is 0 Å². The Balaban J connectivity index is 1.76. The van der Waals surface area contributed by atoms with Gasteiger partial charge in [0.15, 0.2) is 9.84 Å². The van der Waals surface area contributed by atoms with Gasteiger partial charge in [-0.25, -0.2) is 8.42 Å². The molecule has 1 unspecified atom stereocenters. The number of piperidine rings is 1. The molecule has 0 radical (unpaired) electrons. The third-order valence-corrected chi connectivity index (χ3v) is 5.96. The van der Waals surface area contributed by atoms with E-state index in [0.29, 0.717) is 11.6 Å². The van der Waals surface area contributed by atoms with Crippen LogP contribution in [0.5, 0.6) is 0 Å². The zero-order valence-electron chi connectivity index (χ0n) is 14.5. The molecule has 1 atom stereocenters. The van der Waals surface area contributed by atoms with Crippen LogP contribution in [0.25, 0.3) is 0 Å². The Morgan fingerprint density at radius 2 is 1.85 bits per heavy atom. The van der Waals surface area contributed by atoms with Crippen LogP contribution in [0.15, 0.2) is 53.4 Å². The number of anilines is 1. The van der Waals surface area contributed by atoms with Crippen LogP contribution in [-0.4, -0.2) is 39.7 Å². The van der Waals surface area contributed by atoms with E-state index in [1.54, 1.807) is 18.2 Å². The highest BCUT2D eigenvalue weighted by Crippen LogP contribution is 2.28. The molecule has 0 saturated carbocycles. The van der Waals surface area contributed by atoms with E-state index in [4.69, 9.17) is 11.6 Å². The van der Waals surface area contributed by atoms with E-state index in [9.17, 15) is 13.2 Å². The minimum Gasteiger partial charge on any atom is -0.368 e. The number of nitrogens with zero attached hydrogens (tertiary/aromatic N) is 1. The number of benzene rings is 2. The summed E-state index contributed by atoms with van der Waals surface area (Å²) < 4.78 is 23.8. The second-order valence-corrected chi connectivity index (χ2v) is 8.87. The molecule has 0 aliphatic carbocycles. The zero-order chi connectivity index (χ0) is 18.7. The molecule has 3 rings (SSSR count). The highest BCUT2D eigenvalue weighted by atomic mass is 35.5. The third-order valence-electron chi connectivity index (χ3n) is 4.48. The summed E-state index contributed by atoms with van der Waals surface area (Å²) in [6.07, 6.45) is 2.87. The normalized spacial score (nSPS) is 17.8. The first-order valence-corrected chi connectivity index (χ1v) is 10.7. The fraction of sp³-hybridized carbons (Fsp3) is 0.316. The number of nitrogens with one attached hydrogen (secondary N) is 1. The van der Waals surface area contributed by atoms with Crippen LogP contribution in [-0.2, 0) is 9.84 Å². The predicted octanol–water partition coefficient (Wildman–Crippen LogP) is 3.14. The van der Waals surface area contributed by atoms with Gasteiger partial charge >= 0.3 is 0 Å². The van der Waals surface area contributed by atoms with E-state index in [2.05, 4.69) is 10.2 Å². The van der Waals surface area contributed by atoms with Crippen molar-refractivity contribution in [1.82, 2.24) is 5.32 Å². The van der Waals surface area contributed by atoms with Gasteiger partial charge in [0.2, 0.25) is 0 Å². The maximum absolute atomic E-state index is 12.7. The van der Waals surface area contributed by atoms with Crippen molar-refractivity contribution in [3.05, 3.63) is 59.1 Å². The van der Waals surface area contributed by atoms with Crippen molar-refractivity contribution < 1.29 is 13.2 Å². The van der Waals surface area contributed by atoms with Crippen molar-refractivity contribution in [3.8, 4) is 0 Å². The van der Waals surface area contributed by atoms with E-state index >= 15 is 0 Å². The molecule has 5 nitrogen and oxygen atoms in total. The van der Waals surface area contributed by atoms with Gasteiger partial charge in [-0.15, -0.1) is 0 Å². The summed E-state index contributed by atoms with van der Waals surface area (Å²) in [5.74, 6) is -0.364. The van der Waals surface area contributed by atoms with Crippen LogP contribution < -0.4 is 10.2 Å². The summed E-state index contributed by atoms with van der Waals surface area (Å²) in [4.78, 5) is 14.9. The standard InChI is InChI=1S/C19H21ClN2O3S/c1-26(24,25)18-11-5-2-8-15(18)19(23)21-14-7-6-12-22(13-14)17-10-4-3-9-16(17)20/h2-5,8-11,14H,6-7,12-13H2,1H3,(H,21,23). The summed E-state index contributed by atoms with van der Waals surface area (Å²) in [7, 11) is -3.47. The van der Waals surface area contributed by atoms with Crippen LogP contribution in [0.4, 0.5) is 5.69 Å². The smallest absolute Gasteiger partial charge is 0.252 e. The molecule has 0 aromatic heterocycles. The van der Waals surface area contributed by atoms with E-state index in [0.717, 1.165) is 31.3 Å². The SMILES string of the molecule is CS(=O)(=O)c1ccccc1C(=O)NC1CCCN(c2ccccc2Cl)C1. The van der Waals surface area contributed by atoms with Crippen molar-refractivity contribution in [3.63, 3.8) is 0 Å². The van der Waals surface area contributed by atoms with E-state index in [-0.39, 0.29) is 22.4 Å². The van der Waals surface area contributed by atoms with Crippen molar-refractivity contribution >= 4 is 33.0 Å². The Bertz CT molecular complexity index is 915. The number of sulfone groups is 1. The first kappa shape index (κ1) is 18.7. The molecule has 1 aliphatic rings. The lowest BCUT2D eigenvalue weighted by Gasteiger charge is -2.35. The molecular weight excluding hydrogens is 372 g/mol. The van der Waals surface area contributed by atoms with Crippen LogP contribution in [0, 0.1) is 0 Å². The van der Waals surface area contributed by atoms with E-state index in [1.807, 2.05) is 24.3 Å². The summed E-state index contributed by atoms with van der Waals surface area (Å²) >= 11 is 6.28. The third kappa shape index (κ3) is 4.19. The van der Waals surface area contributed by atoms with Crippen LogP contribution in [0.3, 0.4) is 0 Å². The van der Waals surface area contributed by atoms with Gasteiger partial charge in [-0.3, -0.25) is 4.79 Å². The summed E-state index contributed by atoms with van der Waals surface area (Å²) in [5.41, 5.74) is 1.13. The number of carbonyl (C=O) groups excluding carboxylic acids is 1. The molecule has 7 heteroatoms. The molecule has 2 aromatic carbocycles. The monoisotopic (exact) mass is 392 g/mol. The van der Waals surface area contributed by atoms with Gasteiger partial charge in [0.25, 0.3) is 5.91 Å². The second-order valence-electron chi connectivity index (χ2n) is 6.48. The Morgan fingerprint density at radius 1 is 1.15 bits per heavy atom. The maximum Gasteiger partial charge on any atom is 0.252 e. The molecule has 138 valence electrons.